The third-order valence-corrected chi connectivity index (χ3v) is 5.72. The fraction of sp³-hybridized carbons (Fsp3) is 0.933. The van der Waals surface area contributed by atoms with E-state index >= 15 is 0 Å². The Morgan fingerprint density at radius 3 is 2.26 bits per heavy atom. The molecule has 2 bridgehead atoms. The Hall–Kier alpha value is -0.610. The van der Waals surface area contributed by atoms with Crippen molar-refractivity contribution in [1.29, 1.82) is 0 Å². The van der Waals surface area contributed by atoms with Crippen molar-refractivity contribution in [2.75, 3.05) is 20.1 Å². The van der Waals surface area contributed by atoms with Crippen molar-refractivity contribution in [2.45, 2.75) is 69.0 Å². The van der Waals surface area contributed by atoms with E-state index in [4.69, 9.17) is 0 Å². The van der Waals surface area contributed by atoms with E-state index < -0.39 is 5.97 Å². The predicted octanol–water partition coefficient (Wildman–Crippen LogP) is 1.94. The van der Waals surface area contributed by atoms with E-state index in [1.807, 2.05) is 0 Å². The second-order valence-corrected chi connectivity index (χ2v) is 6.80. The average Bonchev–Trinajstić information content (AvgIpc) is 2.63. The zero-order valence-electron chi connectivity index (χ0n) is 12.0. The molecule has 0 aliphatic carbocycles. The van der Waals surface area contributed by atoms with E-state index in [-0.39, 0.29) is 5.54 Å². The van der Waals surface area contributed by atoms with Crippen molar-refractivity contribution in [3.8, 4) is 0 Å². The summed E-state index contributed by atoms with van der Waals surface area (Å²) in [6, 6.07) is 1.22. The van der Waals surface area contributed by atoms with E-state index in [0.717, 1.165) is 25.9 Å². The van der Waals surface area contributed by atoms with Crippen molar-refractivity contribution in [3.05, 3.63) is 0 Å². The molecular formula is C15H26N2O2. The van der Waals surface area contributed by atoms with Gasteiger partial charge in [0.2, 0.25) is 0 Å². The third-order valence-electron chi connectivity index (χ3n) is 5.72. The summed E-state index contributed by atoms with van der Waals surface area (Å²) < 4.78 is 0. The number of hydrogen-bond donors (Lipinski definition) is 1. The molecule has 4 heteroatoms. The highest BCUT2D eigenvalue weighted by Gasteiger charge is 2.50. The first-order valence-electron chi connectivity index (χ1n) is 7.79. The van der Waals surface area contributed by atoms with Gasteiger partial charge in [-0.2, -0.15) is 0 Å². The molecule has 0 aromatic rings. The molecule has 0 radical (unpaired) electrons. The number of carboxylic acid groups (broad SMARTS) is 1. The van der Waals surface area contributed by atoms with E-state index in [1.54, 1.807) is 0 Å². The van der Waals surface area contributed by atoms with Gasteiger partial charge in [-0.15, -0.1) is 0 Å². The first kappa shape index (κ1) is 13.4. The molecule has 1 N–H and O–H groups in total. The highest BCUT2D eigenvalue weighted by Crippen LogP contribution is 2.45. The molecule has 3 aliphatic rings. The molecule has 2 unspecified atom stereocenters. The van der Waals surface area contributed by atoms with Crippen LogP contribution in [0, 0.1) is 0 Å². The van der Waals surface area contributed by atoms with Gasteiger partial charge in [0.25, 0.3) is 0 Å². The minimum Gasteiger partial charge on any atom is -0.481 e. The van der Waals surface area contributed by atoms with Gasteiger partial charge in [-0.3, -0.25) is 9.69 Å². The minimum atomic E-state index is -0.616. The molecule has 2 atom stereocenters. The second-order valence-electron chi connectivity index (χ2n) is 6.80. The van der Waals surface area contributed by atoms with Crippen LogP contribution in [-0.4, -0.2) is 58.6 Å². The minimum absolute atomic E-state index is 0.0510. The van der Waals surface area contributed by atoms with Crippen LogP contribution in [0.15, 0.2) is 0 Å². The van der Waals surface area contributed by atoms with Gasteiger partial charge < -0.3 is 10.0 Å². The summed E-state index contributed by atoms with van der Waals surface area (Å²) in [5.74, 6) is -0.616. The summed E-state index contributed by atoms with van der Waals surface area (Å²) in [7, 11) is 2.23. The van der Waals surface area contributed by atoms with Crippen molar-refractivity contribution in [2.24, 2.45) is 0 Å². The number of nitrogens with zero attached hydrogens (tertiary/aromatic N) is 2. The van der Waals surface area contributed by atoms with Gasteiger partial charge >= 0.3 is 5.97 Å². The van der Waals surface area contributed by atoms with Gasteiger partial charge in [0.1, 0.15) is 0 Å². The average molecular weight is 266 g/mol. The Labute approximate surface area is 115 Å². The molecule has 19 heavy (non-hydrogen) atoms. The SMILES string of the molecule is CN1C2CCC1CC(CC(=O)O)(N1CCCCC1)C2. The highest BCUT2D eigenvalue weighted by atomic mass is 16.4. The Balaban J connectivity index is 1.83. The van der Waals surface area contributed by atoms with E-state index in [9.17, 15) is 9.90 Å². The number of rotatable bonds is 3. The number of piperidine rings is 2. The van der Waals surface area contributed by atoms with Crippen LogP contribution in [0.4, 0.5) is 0 Å². The van der Waals surface area contributed by atoms with Gasteiger partial charge in [0.15, 0.2) is 0 Å². The van der Waals surface area contributed by atoms with Crippen molar-refractivity contribution in [1.82, 2.24) is 9.80 Å². The first-order valence-corrected chi connectivity index (χ1v) is 7.79. The molecule has 108 valence electrons. The second kappa shape index (κ2) is 5.06. The van der Waals surface area contributed by atoms with Crippen LogP contribution in [0.3, 0.4) is 0 Å². The summed E-state index contributed by atoms with van der Waals surface area (Å²) in [5, 5.41) is 9.38. The normalized spacial score (nSPS) is 40.5. The zero-order chi connectivity index (χ0) is 13.5. The fourth-order valence-corrected chi connectivity index (χ4v) is 4.71. The summed E-state index contributed by atoms with van der Waals surface area (Å²) >= 11 is 0. The molecule has 0 spiro atoms. The van der Waals surface area contributed by atoms with Crippen LogP contribution in [0.25, 0.3) is 0 Å². The maximum Gasteiger partial charge on any atom is 0.305 e. The Kier molecular flexibility index (Phi) is 3.56. The lowest BCUT2D eigenvalue weighted by molar-refractivity contribution is -0.142. The maximum atomic E-state index is 11.4. The topological polar surface area (TPSA) is 43.8 Å². The van der Waals surface area contributed by atoms with Gasteiger partial charge in [-0.1, -0.05) is 6.42 Å². The van der Waals surface area contributed by atoms with Crippen LogP contribution in [0.5, 0.6) is 0 Å². The number of carbonyl (C=O) groups is 1. The van der Waals surface area contributed by atoms with Gasteiger partial charge in [-0.05, 0) is 58.7 Å². The Morgan fingerprint density at radius 2 is 1.74 bits per heavy atom. The summed E-state index contributed by atoms with van der Waals surface area (Å²) in [6.07, 6.45) is 8.78. The fourth-order valence-electron chi connectivity index (χ4n) is 4.71. The highest BCUT2D eigenvalue weighted by molar-refractivity contribution is 5.68. The molecule has 4 nitrogen and oxygen atoms in total. The molecule has 3 aliphatic heterocycles. The number of carboxylic acids is 1. The summed E-state index contributed by atoms with van der Waals surface area (Å²) in [6.45, 7) is 2.22. The molecule has 3 saturated heterocycles. The van der Waals surface area contributed by atoms with Gasteiger partial charge in [0, 0.05) is 17.6 Å². The summed E-state index contributed by atoms with van der Waals surface area (Å²) in [5.41, 5.74) is -0.0510. The first-order chi connectivity index (χ1) is 9.11. The van der Waals surface area contributed by atoms with Crippen molar-refractivity contribution in [3.63, 3.8) is 0 Å². The van der Waals surface area contributed by atoms with Crippen LogP contribution in [-0.2, 0) is 4.79 Å². The molecule has 3 fully saturated rings. The van der Waals surface area contributed by atoms with Crippen molar-refractivity contribution < 1.29 is 9.90 Å². The van der Waals surface area contributed by atoms with Crippen LogP contribution in [0.1, 0.15) is 51.4 Å². The van der Waals surface area contributed by atoms with Gasteiger partial charge in [-0.25, -0.2) is 0 Å². The zero-order valence-corrected chi connectivity index (χ0v) is 12.0. The number of likely N-dealkylation sites (tertiary alicyclic amines) is 1. The molecule has 3 heterocycles. The molecule has 0 aromatic carbocycles. The van der Waals surface area contributed by atoms with Crippen LogP contribution < -0.4 is 0 Å². The quantitative estimate of drug-likeness (QED) is 0.848. The molecule has 0 amide bonds. The molecule has 3 rings (SSSR count). The summed E-state index contributed by atoms with van der Waals surface area (Å²) in [4.78, 5) is 16.4. The third kappa shape index (κ3) is 2.40. The standard InChI is InChI=1S/C15H26N2O2/c1-16-12-5-6-13(16)10-15(9-12,11-14(18)19)17-7-3-2-4-8-17/h12-13H,2-11H2,1H3,(H,18,19). The number of hydrogen-bond acceptors (Lipinski definition) is 3. The monoisotopic (exact) mass is 266 g/mol. The molecule has 0 saturated carbocycles. The largest absolute Gasteiger partial charge is 0.481 e. The van der Waals surface area contributed by atoms with E-state index in [2.05, 4.69) is 16.8 Å². The lowest BCUT2D eigenvalue weighted by Crippen LogP contribution is -2.60. The van der Waals surface area contributed by atoms with Crippen molar-refractivity contribution >= 4 is 5.97 Å². The molecule has 0 aromatic heterocycles. The number of aliphatic carboxylic acids is 1. The smallest absolute Gasteiger partial charge is 0.305 e. The predicted molar refractivity (Wildman–Crippen MR) is 74.2 cm³/mol. The van der Waals surface area contributed by atoms with Gasteiger partial charge in [0.05, 0.1) is 6.42 Å². The lowest BCUT2D eigenvalue weighted by Gasteiger charge is -2.52. The van der Waals surface area contributed by atoms with Crippen LogP contribution in [0.2, 0.25) is 0 Å². The molecular weight excluding hydrogens is 240 g/mol. The van der Waals surface area contributed by atoms with E-state index in [1.165, 1.54) is 32.1 Å². The van der Waals surface area contributed by atoms with E-state index in [0.29, 0.717) is 18.5 Å². The van der Waals surface area contributed by atoms with Crippen LogP contribution >= 0.6 is 0 Å². The Bertz CT molecular complexity index is 338. The maximum absolute atomic E-state index is 11.4. The Morgan fingerprint density at radius 1 is 1.16 bits per heavy atom. The number of fused-ring (bicyclic) bond motifs is 2. The lowest BCUT2D eigenvalue weighted by atomic mass is 9.78.